The van der Waals surface area contributed by atoms with Gasteiger partial charge in [0, 0.05) is 18.8 Å². The number of halogens is 2. The fourth-order valence-corrected chi connectivity index (χ4v) is 2.11. The van der Waals surface area contributed by atoms with Crippen LogP contribution in [0.5, 0.6) is 5.75 Å². The van der Waals surface area contributed by atoms with E-state index in [1.165, 1.54) is 0 Å². The molecule has 0 aliphatic rings. The molecule has 2 N–H and O–H groups in total. The molecule has 0 saturated heterocycles. The lowest BCUT2D eigenvalue weighted by Gasteiger charge is -2.07. The first kappa shape index (κ1) is 18.9. The molecule has 0 radical (unpaired) electrons. The summed E-state index contributed by atoms with van der Waals surface area (Å²) < 4.78 is 31.7. The molecule has 5 nitrogen and oxygen atoms in total. The van der Waals surface area contributed by atoms with Crippen molar-refractivity contribution >= 4 is 11.6 Å². The minimum Gasteiger partial charge on any atom is -0.497 e. The molecule has 7 heteroatoms. The Labute approximate surface area is 149 Å². The van der Waals surface area contributed by atoms with E-state index in [-0.39, 0.29) is 11.3 Å². The van der Waals surface area contributed by atoms with Crippen LogP contribution in [-0.2, 0) is 11.2 Å². The average molecular weight is 357 g/mol. The van der Waals surface area contributed by atoms with Gasteiger partial charge < -0.3 is 15.4 Å². The molecule has 1 amide bonds. The van der Waals surface area contributed by atoms with Crippen LogP contribution in [-0.4, -0.2) is 19.6 Å². The monoisotopic (exact) mass is 357 g/mol. The molecule has 0 aliphatic carbocycles. The average Bonchev–Trinajstić information content (AvgIpc) is 2.65. The molecule has 26 heavy (non-hydrogen) atoms. The zero-order chi connectivity index (χ0) is 18.9. The summed E-state index contributed by atoms with van der Waals surface area (Å²) in [6.45, 7) is 0.318. The highest BCUT2D eigenvalue weighted by Crippen LogP contribution is 2.15. The molecule has 0 spiro atoms. The fraction of sp³-hybridized carbons (Fsp3) is 0.158. The lowest BCUT2D eigenvalue weighted by Crippen LogP contribution is -2.27. The van der Waals surface area contributed by atoms with Crippen molar-refractivity contribution in [3.05, 3.63) is 71.4 Å². The number of hydrogen-bond acceptors (Lipinski definition) is 4. The van der Waals surface area contributed by atoms with Crippen LogP contribution in [0.3, 0.4) is 0 Å². The van der Waals surface area contributed by atoms with E-state index >= 15 is 0 Å². The number of nitriles is 1. The number of anilines is 1. The van der Waals surface area contributed by atoms with E-state index in [1.54, 1.807) is 13.2 Å². The van der Waals surface area contributed by atoms with Crippen molar-refractivity contribution in [2.75, 3.05) is 19.0 Å². The molecule has 0 unspecified atom stereocenters. The van der Waals surface area contributed by atoms with Gasteiger partial charge in [0.15, 0.2) is 0 Å². The Bertz CT molecular complexity index is 843. The number of ether oxygens (including phenoxy) is 1. The Morgan fingerprint density at radius 3 is 2.62 bits per heavy atom. The Kier molecular flexibility index (Phi) is 6.68. The van der Waals surface area contributed by atoms with E-state index in [2.05, 4.69) is 10.6 Å². The number of carbonyl (C=O) groups is 1. The minimum absolute atomic E-state index is 0.163. The maximum absolute atomic E-state index is 13.5. The molecule has 2 aromatic rings. The molecule has 0 heterocycles. The summed E-state index contributed by atoms with van der Waals surface area (Å²) in [5, 5.41) is 14.1. The summed E-state index contributed by atoms with van der Waals surface area (Å²) in [5.41, 5.74) is 0.584. The van der Waals surface area contributed by atoms with Crippen LogP contribution >= 0.6 is 0 Å². The summed E-state index contributed by atoms with van der Waals surface area (Å²) in [6, 6.07) is 12.0. The Morgan fingerprint density at radius 1 is 1.23 bits per heavy atom. The van der Waals surface area contributed by atoms with Crippen LogP contribution < -0.4 is 15.4 Å². The largest absolute Gasteiger partial charge is 0.497 e. The minimum atomic E-state index is -0.695. The smallest absolute Gasteiger partial charge is 0.263 e. The summed E-state index contributed by atoms with van der Waals surface area (Å²) >= 11 is 0. The Balaban J connectivity index is 1.91. The summed E-state index contributed by atoms with van der Waals surface area (Å²) in [4.78, 5) is 12.0. The molecular formula is C19H17F2N3O2. The van der Waals surface area contributed by atoms with Gasteiger partial charge in [0.1, 0.15) is 29.0 Å². The zero-order valence-electron chi connectivity index (χ0n) is 14.1. The van der Waals surface area contributed by atoms with Crippen LogP contribution in [0, 0.1) is 23.0 Å². The van der Waals surface area contributed by atoms with Crippen molar-refractivity contribution in [2.45, 2.75) is 6.42 Å². The third-order valence-corrected chi connectivity index (χ3v) is 3.52. The number of rotatable bonds is 7. The standard InChI is InChI=1S/C19H17F2N3O2/c1-26-16-5-2-13(3-6-16)8-9-23-19(25)14(11-22)12-24-18-10-15(20)4-7-17(18)21/h2-7,10,12,24H,8-9H2,1H3,(H,23,25)/b14-12-. The first-order chi connectivity index (χ1) is 12.5. The maximum Gasteiger partial charge on any atom is 0.263 e. The van der Waals surface area contributed by atoms with E-state index in [4.69, 9.17) is 10.00 Å². The Morgan fingerprint density at radius 2 is 1.96 bits per heavy atom. The molecule has 0 bridgehead atoms. The zero-order valence-corrected chi connectivity index (χ0v) is 14.1. The number of methoxy groups -OCH3 is 1. The predicted molar refractivity (Wildman–Crippen MR) is 93.4 cm³/mol. The lowest BCUT2D eigenvalue weighted by molar-refractivity contribution is -0.117. The Hall–Kier alpha value is -3.40. The van der Waals surface area contributed by atoms with Gasteiger partial charge in [0.05, 0.1) is 12.8 Å². The third kappa shape index (κ3) is 5.31. The third-order valence-electron chi connectivity index (χ3n) is 3.52. The van der Waals surface area contributed by atoms with E-state index in [1.807, 2.05) is 24.3 Å². The van der Waals surface area contributed by atoms with E-state index in [0.29, 0.717) is 13.0 Å². The highest BCUT2D eigenvalue weighted by atomic mass is 19.1. The molecule has 0 saturated carbocycles. The number of nitrogens with zero attached hydrogens (tertiary/aromatic N) is 1. The summed E-state index contributed by atoms with van der Waals surface area (Å²) in [7, 11) is 1.58. The van der Waals surface area contributed by atoms with Crippen molar-refractivity contribution in [1.82, 2.24) is 5.32 Å². The van der Waals surface area contributed by atoms with Crippen LogP contribution in [0.1, 0.15) is 5.56 Å². The van der Waals surface area contributed by atoms with Gasteiger partial charge in [-0.05, 0) is 36.2 Å². The first-order valence-corrected chi connectivity index (χ1v) is 7.76. The molecule has 0 aromatic heterocycles. The lowest BCUT2D eigenvalue weighted by atomic mass is 10.1. The number of nitrogens with one attached hydrogen (secondary N) is 2. The van der Waals surface area contributed by atoms with Gasteiger partial charge in [-0.2, -0.15) is 5.26 Å². The van der Waals surface area contributed by atoms with Gasteiger partial charge >= 0.3 is 0 Å². The van der Waals surface area contributed by atoms with Crippen molar-refractivity contribution < 1.29 is 18.3 Å². The molecule has 0 atom stereocenters. The van der Waals surface area contributed by atoms with Gasteiger partial charge in [0.2, 0.25) is 0 Å². The first-order valence-electron chi connectivity index (χ1n) is 7.76. The van der Waals surface area contributed by atoms with Crippen molar-refractivity contribution in [3.63, 3.8) is 0 Å². The second-order valence-corrected chi connectivity index (χ2v) is 5.29. The van der Waals surface area contributed by atoms with E-state index in [0.717, 1.165) is 35.7 Å². The number of benzene rings is 2. The predicted octanol–water partition coefficient (Wildman–Crippen LogP) is 3.15. The SMILES string of the molecule is COc1ccc(CCNC(=O)/C(C#N)=C\Nc2cc(F)ccc2F)cc1. The summed E-state index contributed by atoms with van der Waals surface area (Å²) in [6.07, 6.45) is 1.61. The topological polar surface area (TPSA) is 74.1 Å². The van der Waals surface area contributed by atoms with Gasteiger partial charge in [-0.15, -0.1) is 0 Å². The fourth-order valence-electron chi connectivity index (χ4n) is 2.11. The van der Waals surface area contributed by atoms with Gasteiger partial charge in [-0.3, -0.25) is 4.79 Å². The van der Waals surface area contributed by atoms with Crippen molar-refractivity contribution in [1.29, 1.82) is 5.26 Å². The van der Waals surface area contributed by atoms with Gasteiger partial charge in [-0.25, -0.2) is 8.78 Å². The molecule has 134 valence electrons. The highest BCUT2D eigenvalue weighted by molar-refractivity contribution is 5.97. The molecule has 0 fully saturated rings. The number of hydrogen-bond donors (Lipinski definition) is 2. The van der Waals surface area contributed by atoms with E-state index in [9.17, 15) is 13.6 Å². The van der Waals surface area contributed by atoms with E-state index < -0.39 is 17.5 Å². The number of amides is 1. The second-order valence-electron chi connectivity index (χ2n) is 5.29. The normalized spacial score (nSPS) is 10.8. The molecule has 2 aromatic carbocycles. The van der Waals surface area contributed by atoms with Crippen molar-refractivity contribution in [2.24, 2.45) is 0 Å². The summed E-state index contributed by atoms with van der Waals surface area (Å²) in [5.74, 6) is -1.20. The maximum atomic E-state index is 13.5. The van der Waals surface area contributed by atoms with Crippen LogP contribution in [0.4, 0.5) is 14.5 Å². The van der Waals surface area contributed by atoms with Crippen LogP contribution in [0.2, 0.25) is 0 Å². The molecule has 0 aliphatic heterocycles. The van der Waals surface area contributed by atoms with Crippen molar-refractivity contribution in [3.8, 4) is 11.8 Å². The second kappa shape index (κ2) is 9.18. The van der Waals surface area contributed by atoms with Gasteiger partial charge in [0.25, 0.3) is 5.91 Å². The highest BCUT2D eigenvalue weighted by Gasteiger charge is 2.09. The molecular weight excluding hydrogens is 340 g/mol. The molecule has 2 rings (SSSR count). The van der Waals surface area contributed by atoms with Crippen LogP contribution in [0.25, 0.3) is 0 Å². The number of carbonyl (C=O) groups excluding carboxylic acids is 1. The quantitative estimate of drug-likeness (QED) is 0.590. The van der Waals surface area contributed by atoms with Gasteiger partial charge in [-0.1, -0.05) is 12.1 Å². The van der Waals surface area contributed by atoms with Crippen LogP contribution in [0.15, 0.2) is 54.2 Å².